The molecule has 1 atom stereocenters. The summed E-state index contributed by atoms with van der Waals surface area (Å²) < 4.78 is 47.7. The Morgan fingerprint density at radius 3 is 2.25 bits per heavy atom. The molecule has 8 nitrogen and oxygen atoms in total. The molecule has 0 aliphatic heterocycles. The number of benzene rings is 2. The Hall–Kier alpha value is -3.89. The SMILES string of the molecule is CCOC(=O)CCNC(=O)c1ccc(N[C@H](c2ccc(-c3nnc(C(F)(F)F)o3)cc2)C(C)C)cc1. The quantitative estimate of drug-likeness (QED) is 0.363. The molecule has 0 bridgehead atoms. The summed E-state index contributed by atoms with van der Waals surface area (Å²) in [5, 5.41) is 12.6. The van der Waals surface area contributed by atoms with Gasteiger partial charge in [-0.1, -0.05) is 26.0 Å². The molecule has 192 valence electrons. The van der Waals surface area contributed by atoms with Gasteiger partial charge in [-0.3, -0.25) is 9.59 Å². The zero-order valence-electron chi connectivity index (χ0n) is 20.1. The monoisotopic (exact) mass is 504 g/mol. The second-order valence-corrected chi connectivity index (χ2v) is 8.29. The molecule has 0 aliphatic rings. The zero-order valence-corrected chi connectivity index (χ0v) is 20.1. The lowest BCUT2D eigenvalue weighted by Gasteiger charge is -2.24. The number of amides is 1. The van der Waals surface area contributed by atoms with Crippen LogP contribution < -0.4 is 10.6 Å². The van der Waals surface area contributed by atoms with Crippen molar-refractivity contribution in [3.63, 3.8) is 0 Å². The molecule has 3 aromatic rings. The first-order chi connectivity index (χ1) is 17.1. The summed E-state index contributed by atoms with van der Waals surface area (Å²) in [4.78, 5) is 23.7. The second-order valence-electron chi connectivity index (χ2n) is 8.29. The van der Waals surface area contributed by atoms with Gasteiger partial charge in [-0.15, -0.1) is 10.2 Å². The van der Waals surface area contributed by atoms with Crippen LogP contribution in [0.2, 0.25) is 0 Å². The molecule has 11 heteroatoms. The van der Waals surface area contributed by atoms with Gasteiger partial charge in [0, 0.05) is 23.4 Å². The van der Waals surface area contributed by atoms with Crippen molar-refractivity contribution in [1.82, 2.24) is 15.5 Å². The van der Waals surface area contributed by atoms with E-state index >= 15 is 0 Å². The van der Waals surface area contributed by atoms with E-state index in [9.17, 15) is 22.8 Å². The van der Waals surface area contributed by atoms with E-state index < -0.39 is 12.1 Å². The van der Waals surface area contributed by atoms with Crippen molar-refractivity contribution in [1.29, 1.82) is 0 Å². The van der Waals surface area contributed by atoms with Crippen LogP contribution in [0.15, 0.2) is 52.9 Å². The van der Waals surface area contributed by atoms with Crippen molar-refractivity contribution in [2.45, 2.75) is 39.4 Å². The van der Waals surface area contributed by atoms with Crippen LogP contribution in [0.3, 0.4) is 0 Å². The van der Waals surface area contributed by atoms with E-state index in [4.69, 9.17) is 9.15 Å². The van der Waals surface area contributed by atoms with Crippen LogP contribution in [0.25, 0.3) is 11.5 Å². The van der Waals surface area contributed by atoms with E-state index in [0.29, 0.717) is 17.7 Å². The maximum atomic E-state index is 12.7. The summed E-state index contributed by atoms with van der Waals surface area (Å²) in [6.07, 6.45) is -4.60. The first-order valence-corrected chi connectivity index (χ1v) is 11.4. The van der Waals surface area contributed by atoms with Crippen LogP contribution in [-0.2, 0) is 15.7 Å². The van der Waals surface area contributed by atoms with Crippen molar-refractivity contribution in [2.75, 3.05) is 18.5 Å². The molecule has 0 spiro atoms. The van der Waals surface area contributed by atoms with Gasteiger partial charge in [0.25, 0.3) is 5.91 Å². The van der Waals surface area contributed by atoms with Gasteiger partial charge < -0.3 is 19.8 Å². The summed E-state index contributed by atoms with van der Waals surface area (Å²) >= 11 is 0. The van der Waals surface area contributed by atoms with E-state index in [1.165, 1.54) is 0 Å². The molecule has 0 saturated heterocycles. The molecule has 36 heavy (non-hydrogen) atoms. The van der Waals surface area contributed by atoms with Crippen molar-refractivity contribution in [3.05, 3.63) is 65.5 Å². The Morgan fingerprint density at radius 2 is 1.69 bits per heavy atom. The van der Waals surface area contributed by atoms with E-state index in [1.54, 1.807) is 55.5 Å². The molecule has 1 heterocycles. The van der Waals surface area contributed by atoms with Crippen LogP contribution in [0.4, 0.5) is 18.9 Å². The van der Waals surface area contributed by atoms with Gasteiger partial charge in [-0.2, -0.15) is 13.2 Å². The highest BCUT2D eigenvalue weighted by atomic mass is 19.4. The van der Waals surface area contributed by atoms with Crippen LogP contribution in [0, 0.1) is 5.92 Å². The first kappa shape index (κ1) is 26.7. The standard InChI is InChI=1S/C25H27F3N4O4/c1-4-35-20(33)13-14-29-22(34)17-9-11-19(12-10-17)30-21(15(2)3)16-5-7-18(8-6-16)23-31-32-24(36-23)25(26,27)28/h5-12,15,21,30H,4,13-14H2,1-3H3,(H,29,34)/t21-/m0/s1. The smallest absolute Gasteiger partial charge is 0.466 e. The number of alkyl halides is 3. The fourth-order valence-corrected chi connectivity index (χ4v) is 3.43. The van der Waals surface area contributed by atoms with E-state index in [1.807, 2.05) is 13.8 Å². The molecule has 0 aliphatic carbocycles. The number of halogens is 3. The predicted molar refractivity (Wildman–Crippen MR) is 126 cm³/mol. The number of nitrogens with zero attached hydrogens (tertiary/aromatic N) is 2. The highest BCUT2D eigenvalue weighted by Gasteiger charge is 2.38. The average molecular weight is 505 g/mol. The molecule has 2 N–H and O–H groups in total. The van der Waals surface area contributed by atoms with Crippen LogP contribution in [-0.4, -0.2) is 35.2 Å². The summed E-state index contributed by atoms with van der Waals surface area (Å²) in [5.74, 6) is -2.09. The molecule has 3 rings (SSSR count). The lowest BCUT2D eigenvalue weighted by Crippen LogP contribution is -2.26. The van der Waals surface area contributed by atoms with Gasteiger partial charge in [0.15, 0.2) is 0 Å². The summed E-state index contributed by atoms with van der Waals surface area (Å²) in [5.41, 5.74) is 2.52. The minimum atomic E-state index is -4.70. The lowest BCUT2D eigenvalue weighted by molar-refractivity contribution is -0.157. The number of rotatable bonds is 10. The summed E-state index contributed by atoms with van der Waals surface area (Å²) in [7, 11) is 0. The Balaban J connectivity index is 1.64. The topological polar surface area (TPSA) is 106 Å². The zero-order chi connectivity index (χ0) is 26.3. The summed E-state index contributed by atoms with van der Waals surface area (Å²) in [6.45, 7) is 6.26. The molecule has 1 amide bonds. The Kier molecular flexibility index (Phi) is 8.68. The number of ether oxygens (including phenoxy) is 1. The molecule has 0 radical (unpaired) electrons. The van der Waals surface area contributed by atoms with E-state index in [-0.39, 0.29) is 42.7 Å². The number of hydrogen-bond donors (Lipinski definition) is 2. The lowest BCUT2D eigenvalue weighted by atomic mass is 9.94. The van der Waals surface area contributed by atoms with Crippen molar-refractivity contribution < 1.29 is 31.9 Å². The Labute approximate surface area is 206 Å². The highest BCUT2D eigenvalue weighted by molar-refractivity contribution is 5.94. The third-order valence-electron chi connectivity index (χ3n) is 5.24. The van der Waals surface area contributed by atoms with Crippen LogP contribution in [0.5, 0.6) is 0 Å². The second kappa shape index (κ2) is 11.7. The number of aromatic nitrogens is 2. The third-order valence-corrected chi connectivity index (χ3v) is 5.24. The average Bonchev–Trinajstić information content (AvgIpc) is 3.34. The number of hydrogen-bond acceptors (Lipinski definition) is 7. The van der Waals surface area contributed by atoms with Crippen molar-refractivity contribution in [2.24, 2.45) is 5.92 Å². The normalized spacial score (nSPS) is 12.3. The minimum absolute atomic E-state index is 0.101. The third kappa shape index (κ3) is 7.06. The number of nitrogens with one attached hydrogen (secondary N) is 2. The largest absolute Gasteiger partial charge is 0.470 e. The minimum Gasteiger partial charge on any atom is -0.466 e. The molecular weight excluding hydrogens is 477 g/mol. The van der Waals surface area contributed by atoms with Gasteiger partial charge in [0.2, 0.25) is 5.89 Å². The fourth-order valence-electron chi connectivity index (χ4n) is 3.43. The van der Waals surface area contributed by atoms with E-state index in [0.717, 1.165) is 11.3 Å². The van der Waals surface area contributed by atoms with Crippen LogP contribution >= 0.6 is 0 Å². The van der Waals surface area contributed by atoms with Gasteiger partial charge in [-0.25, -0.2) is 0 Å². The summed E-state index contributed by atoms with van der Waals surface area (Å²) in [6, 6.07) is 13.6. The molecule has 0 fully saturated rings. The Morgan fingerprint density at radius 1 is 1.03 bits per heavy atom. The Bertz CT molecular complexity index is 1160. The first-order valence-electron chi connectivity index (χ1n) is 11.4. The molecule has 0 unspecified atom stereocenters. The van der Waals surface area contributed by atoms with Gasteiger partial charge in [0.1, 0.15) is 0 Å². The maximum Gasteiger partial charge on any atom is 0.470 e. The number of carbonyl (C=O) groups is 2. The molecule has 1 aromatic heterocycles. The van der Waals surface area contributed by atoms with Crippen molar-refractivity contribution in [3.8, 4) is 11.5 Å². The maximum absolute atomic E-state index is 12.7. The molecule has 0 saturated carbocycles. The highest BCUT2D eigenvalue weighted by Crippen LogP contribution is 2.32. The van der Waals surface area contributed by atoms with Crippen molar-refractivity contribution >= 4 is 17.6 Å². The number of esters is 1. The van der Waals surface area contributed by atoms with Gasteiger partial charge in [0.05, 0.1) is 19.1 Å². The van der Waals surface area contributed by atoms with Gasteiger partial charge >= 0.3 is 18.0 Å². The fraction of sp³-hybridized carbons (Fsp3) is 0.360. The van der Waals surface area contributed by atoms with Crippen LogP contribution in [0.1, 0.15) is 55.0 Å². The van der Waals surface area contributed by atoms with Gasteiger partial charge in [-0.05, 0) is 54.8 Å². The predicted octanol–water partition coefficient (Wildman–Crippen LogP) is 5.25. The van der Waals surface area contributed by atoms with E-state index in [2.05, 4.69) is 20.8 Å². The number of anilines is 1. The molecule has 2 aromatic carbocycles. The number of carbonyl (C=O) groups excluding carboxylic acids is 2. The molecular formula is C25H27F3N4O4.